The number of allylic oxidation sites excluding steroid dienone is 1. The number of anilines is 1. The van der Waals surface area contributed by atoms with E-state index in [2.05, 4.69) is 10.3 Å². The van der Waals surface area contributed by atoms with Gasteiger partial charge in [0, 0.05) is 18.0 Å². The van der Waals surface area contributed by atoms with Gasteiger partial charge < -0.3 is 10.4 Å². The van der Waals surface area contributed by atoms with Crippen LogP contribution < -0.4 is 5.32 Å². The zero-order valence-corrected chi connectivity index (χ0v) is 15.2. The summed E-state index contributed by atoms with van der Waals surface area (Å²) in [6.45, 7) is 1.89. The molecule has 2 aromatic carbocycles. The third kappa shape index (κ3) is 2.98. The number of fused-ring (bicyclic) bond motifs is 3. The number of imidazole rings is 1. The first-order valence-electron chi connectivity index (χ1n) is 8.22. The van der Waals surface area contributed by atoms with E-state index in [4.69, 9.17) is 0 Å². The Morgan fingerprint density at radius 1 is 1.15 bits per heavy atom. The number of para-hydroxylation sites is 3. The van der Waals surface area contributed by atoms with E-state index in [0.717, 1.165) is 21.7 Å². The van der Waals surface area contributed by atoms with Gasteiger partial charge in [0.2, 0.25) is 0 Å². The number of aryl methyl sites for hydroxylation is 1. The number of carbonyl (C=O) groups is 2. The van der Waals surface area contributed by atoms with Gasteiger partial charge in [-0.25, -0.2) is 9.78 Å². The zero-order valence-electron chi connectivity index (χ0n) is 14.3. The average Bonchev–Trinajstić information content (AvgIpc) is 3.18. The van der Waals surface area contributed by atoms with E-state index in [1.54, 1.807) is 18.2 Å². The molecule has 2 heterocycles. The zero-order chi connectivity index (χ0) is 19.0. The van der Waals surface area contributed by atoms with Crippen LogP contribution >= 0.6 is 11.3 Å². The maximum Gasteiger partial charge on any atom is 0.337 e. The summed E-state index contributed by atoms with van der Waals surface area (Å²) in [7, 11) is 0. The first-order valence-corrected chi connectivity index (χ1v) is 9.04. The molecule has 0 spiro atoms. The number of nitrogens with one attached hydrogen (secondary N) is 1. The molecule has 0 aliphatic rings. The molecule has 27 heavy (non-hydrogen) atoms. The summed E-state index contributed by atoms with van der Waals surface area (Å²) in [6.07, 6.45) is 2.86. The Morgan fingerprint density at radius 2 is 1.89 bits per heavy atom. The van der Waals surface area contributed by atoms with Crippen molar-refractivity contribution >= 4 is 44.8 Å². The van der Waals surface area contributed by atoms with Gasteiger partial charge in [-0.2, -0.15) is 0 Å². The number of carbonyl (C=O) groups excluding carboxylic acids is 1. The Bertz CT molecular complexity index is 1220. The van der Waals surface area contributed by atoms with Gasteiger partial charge in [-0.05, 0) is 31.2 Å². The van der Waals surface area contributed by atoms with E-state index < -0.39 is 5.97 Å². The Morgan fingerprint density at radius 3 is 2.70 bits per heavy atom. The summed E-state index contributed by atoms with van der Waals surface area (Å²) in [4.78, 5) is 29.8. The second-order valence-corrected chi connectivity index (χ2v) is 6.91. The molecule has 2 N–H and O–H groups in total. The quantitative estimate of drug-likeness (QED) is 0.399. The summed E-state index contributed by atoms with van der Waals surface area (Å²) in [6, 6.07) is 14.3. The monoisotopic (exact) mass is 377 g/mol. The predicted octanol–water partition coefficient (Wildman–Crippen LogP) is 4.36. The Labute approximate surface area is 158 Å². The second-order valence-electron chi connectivity index (χ2n) is 5.93. The Kier molecular flexibility index (Phi) is 4.21. The van der Waals surface area contributed by atoms with Gasteiger partial charge in [0.1, 0.15) is 0 Å². The van der Waals surface area contributed by atoms with Crippen LogP contribution in [-0.2, 0) is 0 Å². The van der Waals surface area contributed by atoms with Crippen LogP contribution in [0.1, 0.15) is 25.7 Å². The van der Waals surface area contributed by atoms with Gasteiger partial charge in [0.05, 0.1) is 27.2 Å². The topological polar surface area (TPSA) is 83.7 Å². The molecule has 2 aromatic heterocycles. The molecule has 0 fully saturated rings. The lowest BCUT2D eigenvalue weighted by molar-refractivity contribution is 0.0698. The van der Waals surface area contributed by atoms with E-state index in [1.165, 1.54) is 29.7 Å². The minimum absolute atomic E-state index is 0.145. The number of aromatic nitrogens is 2. The lowest BCUT2D eigenvalue weighted by atomic mass is 10.2. The first-order chi connectivity index (χ1) is 13.1. The van der Waals surface area contributed by atoms with Crippen molar-refractivity contribution in [1.82, 2.24) is 9.38 Å². The summed E-state index contributed by atoms with van der Waals surface area (Å²) >= 11 is 1.34. The molecule has 134 valence electrons. The predicted molar refractivity (Wildman–Crippen MR) is 106 cm³/mol. The SMILES string of the molecule is Cc1c(C(=O)/C=C/Nc2ccccc2C(=O)O)sc2nc3ccccc3n12. The minimum atomic E-state index is -1.03. The Hall–Kier alpha value is -3.45. The van der Waals surface area contributed by atoms with Gasteiger partial charge in [-0.3, -0.25) is 9.20 Å². The third-order valence-electron chi connectivity index (χ3n) is 4.24. The molecule has 0 saturated heterocycles. The molecular formula is C20H15N3O3S. The number of ketones is 1. The molecule has 0 radical (unpaired) electrons. The van der Waals surface area contributed by atoms with Crippen LogP contribution in [0.5, 0.6) is 0 Å². The van der Waals surface area contributed by atoms with Crippen molar-refractivity contribution in [3.8, 4) is 0 Å². The summed E-state index contributed by atoms with van der Waals surface area (Å²) in [5.41, 5.74) is 3.28. The molecule has 0 bridgehead atoms. The summed E-state index contributed by atoms with van der Waals surface area (Å²) in [5.74, 6) is -1.19. The van der Waals surface area contributed by atoms with Crippen LogP contribution in [0.2, 0.25) is 0 Å². The molecular weight excluding hydrogens is 362 g/mol. The molecule has 6 nitrogen and oxygen atoms in total. The standard InChI is InChI=1S/C20H15N3O3S/c1-12-18(27-20-22-15-8-4-5-9-16(15)23(12)20)17(24)10-11-21-14-7-3-2-6-13(14)19(25)26/h2-11,21H,1H3,(H,25,26)/b11-10+. The van der Waals surface area contributed by atoms with Gasteiger partial charge in [-0.1, -0.05) is 35.6 Å². The molecule has 0 amide bonds. The maximum atomic E-state index is 12.6. The maximum absolute atomic E-state index is 12.6. The number of aromatic carboxylic acids is 1. The number of hydrogen-bond acceptors (Lipinski definition) is 5. The minimum Gasteiger partial charge on any atom is -0.478 e. The number of carboxylic acid groups (broad SMARTS) is 1. The van der Waals surface area contributed by atoms with Gasteiger partial charge in [-0.15, -0.1) is 0 Å². The number of hydrogen-bond donors (Lipinski definition) is 2. The molecule has 0 aliphatic heterocycles. The van der Waals surface area contributed by atoms with Gasteiger partial charge in [0.15, 0.2) is 10.7 Å². The summed E-state index contributed by atoms with van der Waals surface area (Å²) in [5, 5.41) is 12.1. The van der Waals surface area contributed by atoms with Crippen molar-refractivity contribution < 1.29 is 14.7 Å². The third-order valence-corrected chi connectivity index (χ3v) is 5.40. The molecule has 0 aliphatic carbocycles. The first kappa shape index (κ1) is 17.0. The lowest BCUT2D eigenvalue weighted by Gasteiger charge is -2.04. The van der Waals surface area contributed by atoms with Crippen LogP contribution in [-0.4, -0.2) is 26.2 Å². The van der Waals surface area contributed by atoms with E-state index in [1.807, 2.05) is 35.6 Å². The van der Waals surface area contributed by atoms with Crippen LogP contribution in [0.4, 0.5) is 5.69 Å². The van der Waals surface area contributed by atoms with Crippen LogP contribution in [0.3, 0.4) is 0 Å². The fraction of sp³-hybridized carbons (Fsp3) is 0.0500. The number of carboxylic acids is 1. The second kappa shape index (κ2) is 6.69. The van der Waals surface area contributed by atoms with Crippen molar-refractivity contribution in [2.75, 3.05) is 5.32 Å². The summed E-state index contributed by atoms with van der Waals surface area (Å²) < 4.78 is 1.98. The molecule has 7 heteroatoms. The van der Waals surface area contributed by atoms with Crippen LogP contribution in [0, 0.1) is 6.92 Å². The number of rotatable bonds is 5. The fourth-order valence-corrected chi connectivity index (χ4v) is 4.03. The van der Waals surface area contributed by atoms with Crippen LogP contribution in [0.25, 0.3) is 16.0 Å². The normalized spacial score (nSPS) is 11.4. The Balaban J connectivity index is 1.61. The van der Waals surface area contributed by atoms with E-state index >= 15 is 0 Å². The van der Waals surface area contributed by atoms with Crippen molar-refractivity contribution in [3.05, 3.63) is 76.9 Å². The number of benzene rings is 2. The van der Waals surface area contributed by atoms with Crippen molar-refractivity contribution in [1.29, 1.82) is 0 Å². The van der Waals surface area contributed by atoms with E-state index in [9.17, 15) is 14.7 Å². The molecule has 0 unspecified atom stereocenters. The highest BCUT2D eigenvalue weighted by Gasteiger charge is 2.17. The molecule has 4 rings (SSSR count). The molecule has 0 saturated carbocycles. The fourth-order valence-electron chi connectivity index (χ4n) is 2.97. The number of nitrogens with zero attached hydrogens (tertiary/aromatic N) is 2. The van der Waals surface area contributed by atoms with Crippen molar-refractivity contribution in [2.24, 2.45) is 0 Å². The molecule has 0 atom stereocenters. The van der Waals surface area contributed by atoms with Crippen molar-refractivity contribution in [3.63, 3.8) is 0 Å². The highest BCUT2D eigenvalue weighted by molar-refractivity contribution is 7.19. The molecule has 4 aromatic rings. The van der Waals surface area contributed by atoms with Gasteiger partial charge >= 0.3 is 5.97 Å². The number of thiazole rings is 1. The largest absolute Gasteiger partial charge is 0.478 e. The van der Waals surface area contributed by atoms with Crippen molar-refractivity contribution in [2.45, 2.75) is 6.92 Å². The highest BCUT2D eigenvalue weighted by atomic mass is 32.1. The van der Waals surface area contributed by atoms with E-state index in [0.29, 0.717) is 10.6 Å². The lowest BCUT2D eigenvalue weighted by Crippen LogP contribution is -2.02. The van der Waals surface area contributed by atoms with E-state index in [-0.39, 0.29) is 11.3 Å². The van der Waals surface area contributed by atoms with Gasteiger partial charge in [0.25, 0.3) is 0 Å². The van der Waals surface area contributed by atoms with Crippen LogP contribution in [0.15, 0.2) is 60.8 Å². The average molecular weight is 377 g/mol. The smallest absolute Gasteiger partial charge is 0.337 e. The highest BCUT2D eigenvalue weighted by Crippen LogP contribution is 2.28.